The molecule has 1 fully saturated rings. The molecule has 1 N–H and O–H groups in total. The first-order valence-corrected chi connectivity index (χ1v) is 11.5. The maximum atomic E-state index is 12.3. The summed E-state index contributed by atoms with van der Waals surface area (Å²) in [5.41, 5.74) is 1.40. The first kappa shape index (κ1) is 27.4. The first-order chi connectivity index (χ1) is 14.5. The van der Waals surface area contributed by atoms with Gasteiger partial charge >= 0.3 is 5.97 Å². The van der Waals surface area contributed by atoms with Crippen LogP contribution in [0.15, 0.2) is 23.8 Å². The molecule has 1 heterocycles. The summed E-state index contributed by atoms with van der Waals surface area (Å²) in [6.45, 7) is 14.8. The van der Waals surface area contributed by atoms with Crippen LogP contribution < -0.4 is 5.32 Å². The van der Waals surface area contributed by atoms with E-state index in [0.717, 1.165) is 25.9 Å². The van der Waals surface area contributed by atoms with Crippen LogP contribution >= 0.6 is 0 Å². The number of carbonyl (C=O) groups excluding carboxylic acids is 2. The summed E-state index contributed by atoms with van der Waals surface area (Å²) in [5, 5.41) is 3.03. The smallest absolute Gasteiger partial charge is 0.303 e. The maximum absolute atomic E-state index is 12.3. The minimum Gasteiger partial charge on any atom is -0.459 e. The molecule has 1 aliphatic heterocycles. The highest BCUT2D eigenvalue weighted by atomic mass is 16.5. The van der Waals surface area contributed by atoms with E-state index in [1.807, 2.05) is 6.92 Å². The average molecular weight is 438 g/mol. The summed E-state index contributed by atoms with van der Waals surface area (Å²) >= 11 is 0. The van der Waals surface area contributed by atoms with Crippen LogP contribution in [0.5, 0.6) is 0 Å². The van der Waals surface area contributed by atoms with Crippen LogP contribution in [0, 0.1) is 17.8 Å². The van der Waals surface area contributed by atoms with Gasteiger partial charge in [0.05, 0.1) is 18.2 Å². The molecule has 0 spiro atoms. The summed E-state index contributed by atoms with van der Waals surface area (Å²) < 4.78 is 16.5. The highest BCUT2D eigenvalue weighted by Gasteiger charge is 2.33. The van der Waals surface area contributed by atoms with Gasteiger partial charge in [-0.2, -0.15) is 0 Å². The highest BCUT2D eigenvalue weighted by Crippen LogP contribution is 2.29. The van der Waals surface area contributed by atoms with Crippen molar-refractivity contribution in [2.75, 3.05) is 13.7 Å². The van der Waals surface area contributed by atoms with Crippen molar-refractivity contribution in [3.63, 3.8) is 0 Å². The average Bonchev–Trinajstić information content (AvgIpc) is 2.70. The molecule has 6 nitrogen and oxygen atoms in total. The van der Waals surface area contributed by atoms with E-state index in [1.54, 1.807) is 20.1 Å². The van der Waals surface area contributed by atoms with E-state index in [9.17, 15) is 9.59 Å². The van der Waals surface area contributed by atoms with Crippen molar-refractivity contribution in [2.45, 2.75) is 92.1 Å². The second kappa shape index (κ2) is 13.7. The molecule has 0 radical (unpaired) electrons. The number of hydrogen-bond donors (Lipinski definition) is 1. The number of allylic oxidation sites excluding steroid dienone is 1. The molecule has 0 bridgehead atoms. The molecule has 1 aliphatic rings. The van der Waals surface area contributed by atoms with Crippen molar-refractivity contribution in [1.82, 2.24) is 5.32 Å². The van der Waals surface area contributed by atoms with E-state index in [2.05, 4.69) is 39.1 Å². The van der Waals surface area contributed by atoms with Crippen molar-refractivity contribution in [2.24, 2.45) is 17.8 Å². The number of ether oxygens (including phenoxy) is 3. The third-order valence-electron chi connectivity index (χ3n) is 6.44. The van der Waals surface area contributed by atoms with Gasteiger partial charge in [-0.3, -0.25) is 9.59 Å². The van der Waals surface area contributed by atoms with Crippen LogP contribution in [0.2, 0.25) is 0 Å². The van der Waals surface area contributed by atoms with Gasteiger partial charge < -0.3 is 19.5 Å². The zero-order chi connectivity index (χ0) is 23.6. The molecule has 2 unspecified atom stereocenters. The summed E-state index contributed by atoms with van der Waals surface area (Å²) in [5.74, 6) is 0.876. The number of amides is 1. The predicted molar refractivity (Wildman–Crippen MR) is 124 cm³/mol. The van der Waals surface area contributed by atoms with E-state index in [4.69, 9.17) is 14.2 Å². The second-order valence-electron chi connectivity index (χ2n) is 9.11. The first-order valence-electron chi connectivity index (χ1n) is 11.5. The Labute approximate surface area is 188 Å². The van der Waals surface area contributed by atoms with E-state index in [-0.39, 0.29) is 30.1 Å². The Bertz CT molecular complexity index is 629. The van der Waals surface area contributed by atoms with Crippen LogP contribution in [-0.4, -0.2) is 49.9 Å². The zero-order valence-electron chi connectivity index (χ0n) is 20.6. The Balaban J connectivity index is 2.56. The van der Waals surface area contributed by atoms with Gasteiger partial charge in [-0.15, -0.1) is 0 Å². The standard InChI is InChI=1S/C25H43NO5/c1-16(20(5)17(2)13-14-29-8)9-11-24-18(3)15-23(21(6)31-24)26-25(28)12-10-19(4)30-22(7)27/h9-10,12,17-21,23-24H,11,13-15H2,1-8H3,(H,26,28)/b12-10-,16-9+/t17?,18-,19-,20?,21+,23+,24-/m0/s1. The van der Waals surface area contributed by atoms with E-state index < -0.39 is 6.10 Å². The van der Waals surface area contributed by atoms with Gasteiger partial charge in [-0.25, -0.2) is 0 Å². The minimum atomic E-state index is -0.429. The van der Waals surface area contributed by atoms with Crippen molar-refractivity contribution >= 4 is 11.9 Å². The van der Waals surface area contributed by atoms with Gasteiger partial charge in [0.15, 0.2) is 0 Å². The Kier molecular flexibility index (Phi) is 12.1. The lowest BCUT2D eigenvalue weighted by molar-refractivity contribution is -0.143. The summed E-state index contributed by atoms with van der Waals surface area (Å²) in [6, 6.07) is -0.0366. The summed E-state index contributed by atoms with van der Waals surface area (Å²) in [6.07, 6.45) is 7.81. The molecule has 0 aliphatic carbocycles. The lowest BCUT2D eigenvalue weighted by atomic mass is 9.84. The number of carbonyl (C=O) groups is 2. The molecule has 1 rings (SSSR count). The fraction of sp³-hybridized carbons (Fsp3) is 0.760. The van der Waals surface area contributed by atoms with Crippen molar-refractivity contribution in [3.05, 3.63) is 23.8 Å². The van der Waals surface area contributed by atoms with Gasteiger partial charge in [-0.1, -0.05) is 32.4 Å². The predicted octanol–water partition coefficient (Wildman–Crippen LogP) is 4.44. The molecule has 0 aromatic carbocycles. The van der Waals surface area contributed by atoms with Crippen LogP contribution in [0.25, 0.3) is 0 Å². The quantitative estimate of drug-likeness (QED) is 0.294. The Morgan fingerprint density at radius 3 is 2.48 bits per heavy atom. The molecule has 1 amide bonds. The third kappa shape index (κ3) is 10.0. The van der Waals surface area contributed by atoms with E-state index in [0.29, 0.717) is 17.8 Å². The third-order valence-corrected chi connectivity index (χ3v) is 6.44. The Morgan fingerprint density at radius 1 is 1.19 bits per heavy atom. The second-order valence-corrected chi connectivity index (χ2v) is 9.11. The molecule has 31 heavy (non-hydrogen) atoms. The van der Waals surface area contributed by atoms with Crippen LogP contribution in [0.1, 0.15) is 67.7 Å². The molecule has 0 aromatic heterocycles. The maximum Gasteiger partial charge on any atom is 0.303 e. The van der Waals surface area contributed by atoms with E-state index >= 15 is 0 Å². The molecule has 7 atom stereocenters. The van der Waals surface area contributed by atoms with Crippen molar-refractivity contribution in [1.29, 1.82) is 0 Å². The van der Waals surface area contributed by atoms with Crippen molar-refractivity contribution in [3.8, 4) is 0 Å². The van der Waals surface area contributed by atoms with Gasteiger partial charge in [0.25, 0.3) is 0 Å². The number of methoxy groups -OCH3 is 1. The molecule has 1 saturated heterocycles. The minimum absolute atomic E-state index is 0.0366. The molecular formula is C25H43NO5. The van der Waals surface area contributed by atoms with Crippen LogP contribution in [0.4, 0.5) is 0 Å². The lowest BCUT2D eigenvalue weighted by Gasteiger charge is -2.39. The van der Waals surface area contributed by atoms with Crippen molar-refractivity contribution < 1.29 is 23.8 Å². The SMILES string of the molecule is COCCC(C)C(C)/C(C)=C/C[C@@H]1O[C@H](C)[C@H](NC(=O)/C=C\[C@H](C)OC(C)=O)C[C@@H]1C. The fourth-order valence-corrected chi connectivity index (χ4v) is 3.96. The molecular weight excluding hydrogens is 394 g/mol. The topological polar surface area (TPSA) is 73.9 Å². The summed E-state index contributed by atoms with van der Waals surface area (Å²) in [7, 11) is 1.75. The lowest BCUT2D eigenvalue weighted by Crippen LogP contribution is -2.50. The molecule has 6 heteroatoms. The zero-order valence-corrected chi connectivity index (χ0v) is 20.6. The van der Waals surface area contributed by atoms with Gasteiger partial charge in [0.2, 0.25) is 5.91 Å². The Hall–Kier alpha value is -1.66. The largest absolute Gasteiger partial charge is 0.459 e. The number of esters is 1. The van der Waals surface area contributed by atoms with Gasteiger partial charge in [0, 0.05) is 26.7 Å². The van der Waals surface area contributed by atoms with Gasteiger partial charge in [0.1, 0.15) is 6.10 Å². The normalized spacial score (nSPS) is 27.5. The molecule has 0 aromatic rings. The number of hydrogen-bond acceptors (Lipinski definition) is 5. The van der Waals surface area contributed by atoms with Gasteiger partial charge in [-0.05, 0) is 63.9 Å². The van der Waals surface area contributed by atoms with Crippen LogP contribution in [0.3, 0.4) is 0 Å². The Morgan fingerprint density at radius 2 is 1.87 bits per heavy atom. The summed E-state index contributed by atoms with van der Waals surface area (Å²) in [4.78, 5) is 23.2. The monoisotopic (exact) mass is 437 g/mol. The number of nitrogens with one attached hydrogen (secondary N) is 1. The molecule has 178 valence electrons. The van der Waals surface area contributed by atoms with E-state index in [1.165, 1.54) is 18.6 Å². The highest BCUT2D eigenvalue weighted by molar-refractivity contribution is 5.87. The number of rotatable bonds is 11. The fourth-order valence-electron chi connectivity index (χ4n) is 3.96. The van der Waals surface area contributed by atoms with Crippen LogP contribution in [-0.2, 0) is 23.8 Å². The molecule has 0 saturated carbocycles.